The van der Waals surface area contributed by atoms with Crippen LogP contribution in [0.25, 0.3) is 0 Å². The molecule has 3 N–H and O–H groups in total. The van der Waals surface area contributed by atoms with Crippen LogP contribution in [0.4, 0.5) is 24.5 Å². The lowest BCUT2D eigenvalue weighted by Crippen LogP contribution is -2.39. The number of halogens is 3. The number of nitrogens with one attached hydrogen (secondary N) is 1. The second-order valence-corrected chi connectivity index (χ2v) is 5.82. The van der Waals surface area contributed by atoms with Crippen molar-refractivity contribution in [3.8, 4) is 5.75 Å². The minimum Gasteiger partial charge on any atom is -0.433 e. The largest absolute Gasteiger partial charge is 0.433 e. The molecular formula is C18H15F3N4O3. The number of hydrogen-bond donors (Lipinski definition) is 2. The fourth-order valence-corrected chi connectivity index (χ4v) is 2.66. The van der Waals surface area contributed by atoms with E-state index in [4.69, 9.17) is 5.73 Å². The third-order valence-electron chi connectivity index (χ3n) is 3.94. The molecule has 1 heterocycles. The smallest absolute Gasteiger partial charge is 0.387 e. The van der Waals surface area contributed by atoms with Gasteiger partial charge < -0.3 is 15.8 Å². The minimum atomic E-state index is -3.06. The Morgan fingerprint density at radius 1 is 1.18 bits per heavy atom. The lowest BCUT2D eigenvalue weighted by Gasteiger charge is -2.20. The molecule has 0 saturated heterocycles. The first-order valence-electron chi connectivity index (χ1n) is 8.12. The van der Waals surface area contributed by atoms with E-state index in [1.807, 2.05) is 0 Å². The van der Waals surface area contributed by atoms with Gasteiger partial charge in [0.25, 0.3) is 5.91 Å². The number of nitrogens with two attached hydrogens (primary N) is 1. The van der Waals surface area contributed by atoms with Gasteiger partial charge in [-0.3, -0.25) is 14.6 Å². The molecule has 2 aromatic carbocycles. The number of alkyl halides is 2. The van der Waals surface area contributed by atoms with Crippen LogP contribution < -0.4 is 20.8 Å². The SMILES string of the molecule is NC(=O)[C@@H]1CC(C(=O)Nc2ccccc2OC(F)F)=NN1c1ccc(F)cc1. The van der Waals surface area contributed by atoms with Gasteiger partial charge in [0.2, 0.25) is 5.91 Å². The lowest BCUT2D eigenvalue weighted by atomic mass is 10.1. The summed E-state index contributed by atoms with van der Waals surface area (Å²) in [6, 6.07) is 9.85. The van der Waals surface area contributed by atoms with E-state index in [1.54, 1.807) is 0 Å². The molecule has 0 spiro atoms. The molecule has 0 bridgehead atoms. The van der Waals surface area contributed by atoms with E-state index in [9.17, 15) is 22.8 Å². The third kappa shape index (κ3) is 4.22. The molecule has 10 heteroatoms. The molecule has 3 rings (SSSR count). The summed E-state index contributed by atoms with van der Waals surface area (Å²) in [5.41, 5.74) is 5.73. The molecular weight excluding hydrogens is 377 g/mol. The monoisotopic (exact) mass is 392 g/mol. The van der Waals surface area contributed by atoms with Crippen molar-refractivity contribution in [1.29, 1.82) is 0 Å². The number of anilines is 2. The molecule has 0 aliphatic carbocycles. The summed E-state index contributed by atoms with van der Waals surface area (Å²) in [4.78, 5) is 24.3. The second kappa shape index (κ2) is 7.99. The van der Waals surface area contributed by atoms with Gasteiger partial charge in [0.05, 0.1) is 11.4 Å². The van der Waals surface area contributed by atoms with Gasteiger partial charge >= 0.3 is 6.61 Å². The van der Waals surface area contributed by atoms with E-state index in [1.165, 1.54) is 53.5 Å². The van der Waals surface area contributed by atoms with E-state index in [-0.39, 0.29) is 23.6 Å². The average molecular weight is 392 g/mol. The Balaban J connectivity index is 1.83. The number of nitrogens with zero attached hydrogens (tertiary/aromatic N) is 2. The zero-order valence-corrected chi connectivity index (χ0v) is 14.3. The Hall–Kier alpha value is -3.56. The van der Waals surface area contributed by atoms with Gasteiger partial charge in [-0.05, 0) is 36.4 Å². The molecule has 2 aromatic rings. The van der Waals surface area contributed by atoms with Gasteiger partial charge in [-0.2, -0.15) is 13.9 Å². The van der Waals surface area contributed by atoms with Crippen LogP contribution in [0.15, 0.2) is 53.6 Å². The summed E-state index contributed by atoms with van der Waals surface area (Å²) >= 11 is 0. The second-order valence-electron chi connectivity index (χ2n) is 5.82. The molecule has 1 aliphatic rings. The van der Waals surface area contributed by atoms with Crippen molar-refractivity contribution in [3.05, 3.63) is 54.3 Å². The van der Waals surface area contributed by atoms with Crippen LogP contribution in [0.5, 0.6) is 5.75 Å². The fourth-order valence-electron chi connectivity index (χ4n) is 2.66. The third-order valence-corrected chi connectivity index (χ3v) is 3.94. The molecule has 0 saturated carbocycles. The predicted molar refractivity (Wildman–Crippen MR) is 95.6 cm³/mol. The number of rotatable bonds is 6. The van der Waals surface area contributed by atoms with Gasteiger partial charge in [-0.25, -0.2) is 4.39 Å². The Morgan fingerprint density at radius 3 is 2.50 bits per heavy atom. The number of hydrazone groups is 1. The molecule has 0 unspecified atom stereocenters. The van der Waals surface area contributed by atoms with E-state index >= 15 is 0 Å². The Kier molecular flexibility index (Phi) is 5.48. The molecule has 0 fully saturated rings. The number of para-hydroxylation sites is 2. The number of carbonyl (C=O) groups excluding carboxylic acids is 2. The van der Waals surface area contributed by atoms with Crippen LogP contribution in [-0.4, -0.2) is 30.2 Å². The van der Waals surface area contributed by atoms with E-state index < -0.39 is 30.3 Å². The van der Waals surface area contributed by atoms with Gasteiger partial charge in [-0.1, -0.05) is 12.1 Å². The highest BCUT2D eigenvalue weighted by molar-refractivity contribution is 6.44. The number of carbonyl (C=O) groups is 2. The van der Waals surface area contributed by atoms with Crippen molar-refractivity contribution in [2.45, 2.75) is 19.1 Å². The van der Waals surface area contributed by atoms with Crippen LogP contribution >= 0.6 is 0 Å². The van der Waals surface area contributed by atoms with E-state index in [0.29, 0.717) is 5.69 Å². The van der Waals surface area contributed by atoms with Gasteiger partial charge in [0, 0.05) is 6.42 Å². The average Bonchev–Trinajstić information content (AvgIpc) is 3.09. The van der Waals surface area contributed by atoms with Crippen molar-refractivity contribution in [3.63, 3.8) is 0 Å². The van der Waals surface area contributed by atoms with Crippen LogP contribution in [0.1, 0.15) is 6.42 Å². The molecule has 1 aliphatic heterocycles. The first kappa shape index (κ1) is 19.2. The molecule has 0 aromatic heterocycles. The maximum atomic E-state index is 13.1. The summed E-state index contributed by atoms with van der Waals surface area (Å²) in [5.74, 6) is -2.12. The van der Waals surface area contributed by atoms with Crippen LogP contribution in [-0.2, 0) is 9.59 Å². The molecule has 146 valence electrons. The molecule has 2 amide bonds. The molecule has 7 nitrogen and oxygen atoms in total. The minimum absolute atomic E-state index is 0.0198. The van der Waals surface area contributed by atoms with Crippen LogP contribution in [0.3, 0.4) is 0 Å². The lowest BCUT2D eigenvalue weighted by molar-refractivity contribution is -0.119. The van der Waals surface area contributed by atoms with Gasteiger partial charge in [-0.15, -0.1) is 0 Å². The topological polar surface area (TPSA) is 97.0 Å². The quantitative estimate of drug-likeness (QED) is 0.789. The Morgan fingerprint density at radius 2 is 1.86 bits per heavy atom. The summed E-state index contributed by atoms with van der Waals surface area (Å²) in [6.45, 7) is -3.06. The highest BCUT2D eigenvalue weighted by Crippen LogP contribution is 2.28. The number of amides is 2. The molecule has 0 radical (unpaired) electrons. The first-order valence-corrected chi connectivity index (χ1v) is 8.12. The zero-order chi connectivity index (χ0) is 20.3. The number of primary amides is 1. The maximum absolute atomic E-state index is 13.1. The van der Waals surface area contributed by atoms with E-state index in [0.717, 1.165) is 0 Å². The summed E-state index contributed by atoms with van der Waals surface area (Å²) in [6.07, 6.45) is -0.101. The van der Waals surface area contributed by atoms with Crippen molar-refractivity contribution >= 4 is 28.9 Å². The summed E-state index contributed by atoms with van der Waals surface area (Å²) in [5, 5.41) is 7.76. The summed E-state index contributed by atoms with van der Waals surface area (Å²) in [7, 11) is 0. The first-order chi connectivity index (χ1) is 13.3. The highest BCUT2D eigenvalue weighted by atomic mass is 19.3. The number of hydrogen-bond acceptors (Lipinski definition) is 5. The number of ether oxygens (including phenoxy) is 1. The number of benzene rings is 2. The predicted octanol–water partition coefficient (Wildman–Crippen LogP) is 2.49. The van der Waals surface area contributed by atoms with Crippen molar-refractivity contribution in [1.82, 2.24) is 0 Å². The van der Waals surface area contributed by atoms with Gasteiger partial charge in [0.1, 0.15) is 23.3 Å². The normalized spacial score (nSPS) is 16.1. The summed E-state index contributed by atoms with van der Waals surface area (Å²) < 4.78 is 42.5. The Bertz CT molecular complexity index is 919. The zero-order valence-electron chi connectivity index (χ0n) is 14.3. The fraction of sp³-hybridized carbons (Fsp3) is 0.167. The van der Waals surface area contributed by atoms with Crippen molar-refractivity contribution in [2.24, 2.45) is 10.8 Å². The molecule has 28 heavy (non-hydrogen) atoms. The van der Waals surface area contributed by atoms with Crippen LogP contribution in [0.2, 0.25) is 0 Å². The maximum Gasteiger partial charge on any atom is 0.387 e. The highest BCUT2D eigenvalue weighted by Gasteiger charge is 2.35. The standard InChI is InChI=1S/C18H15F3N4O3/c19-10-5-7-11(8-6-10)25-14(16(22)26)9-13(24-25)17(27)23-12-3-1-2-4-15(12)28-18(20)21/h1-8,14,18H,9H2,(H2,22,26)(H,23,27)/t14-/m0/s1. The van der Waals surface area contributed by atoms with Crippen LogP contribution in [0, 0.1) is 5.82 Å². The van der Waals surface area contributed by atoms with Crippen molar-refractivity contribution < 1.29 is 27.5 Å². The Labute approximate surface area is 157 Å². The molecule has 1 atom stereocenters. The van der Waals surface area contributed by atoms with Crippen molar-refractivity contribution in [2.75, 3.05) is 10.3 Å². The van der Waals surface area contributed by atoms with Gasteiger partial charge in [0.15, 0.2) is 0 Å². The van der Waals surface area contributed by atoms with E-state index in [2.05, 4.69) is 15.2 Å².